The van der Waals surface area contributed by atoms with E-state index in [0.717, 1.165) is 5.56 Å². The van der Waals surface area contributed by atoms with Gasteiger partial charge in [-0.05, 0) is 36.8 Å². The Kier molecular flexibility index (Phi) is 3.42. The Balaban J connectivity index is 2.14. The van der Waals surface area contributed by atoms with Crippen molar-refractivity contribution in [1.82, 2.24) is 4.68 Å². The summed E-state index contributed by atoms with van der Waals surface area (Å²) in [6, 6.07) is 9.76. The molecule has 1 heterocycles. The zero-order chi connectivity index (χ0) is 11.5. The molecule has 0 bridgehead atoms. The lowest BCUT2D eigenvalue weighted by molar-refractivity contribution is 0.728. The third-order valence-electron chi connectivity index (χ3n) is 2.39. The van der Waals surface area contributed by atoms with Crippen molar-refractivity contribution in [3.8, 4) is 0 Å². The van der Waals surface area contributed by atoms with Gasteiger partial charge in [-0.3, -0.25) is 4.68 Å². The lowest BCUT2D eigenvalue weighted by Gasteiger charge is -2.16. The summed E-state index contributed by atoms with van der Waals surface area (Å²) in [6.07, 6.45) is 3.90. The molecule has 0 fully saturated rings. The van der Waals surface area contributed by atoms with Gasteiger partial charge in [0.15, 0.2) is 0 Å². The average Bonchev–Trinajstić information content (AvgIpc) is 2.74. The first-order valence-corrected chi connectivity index (χ1v) is 5.77. The van der Waals surface area contributed by atoms with Crippen LogP contribution >= 0.6 is 23.2 Å². The van der Waals surface area contributed by atoms with E-state index in [0.29, 0.717) is 10.0 Å². The van der Waals surface area contributed by atoms with Gasteiger partial charge in [-0.1, -0.05) is 29.3 Å². The van der Waals surface area contributed by atoms with E-state index in [2.05, 4.69) is 12.3 Å². The molecule has 0 radical (unpaired) electrons. The Morgan fingerprint density at radius 3 is 2.44 bits per heavy atom. The molecule has 0 spiro atoms. The fourth-order valence-electron chi connectivity index (χ4n) is 1.50. The van der Waals surface area contributed by atoms with Gasteiger partial charge in [0.05, 0.1) is 16.1 Å². The quantitative estimate of drug-likeness (QED) is 0.873. The van der Waals surface area contributed by atoms with Crippen molar-refractivity contribution < 1.29 is 0 Å². The number of hydrogen-bond acceptors (Lipinski definition) is 1. The molecular weight excluding hydrogens is 243 g/mol. The SMILES string of the molecule is CC(Nn1cccc1)c1ccc(Cl)c(Cl)c1. The molecule has 2 rings (SSSR count). The van der Waals surface area contributed by atoms with Crippen LogP contribution in [0.3, 0.4) is 0 Å². The molecule has 0 aliphatic rings. The monoisotopic (exact) mass is 254 g/mol. The molecule has 2 aromatic rings. The van der Waals surface area contributed by atoms with Crippen LogP contribution in [-0.4, -0.2) is 4.68 Å². The van der Waals surface area contributed by atoms with E-state index in [1.807, 2.05) is 47.4 Å². The van der Waals surface area contributed by atoms with Crippen LogP contribution in [-0.2, 0) is 0 Å². The summed E-state index contributed by atoms with van der Waals surface area (Å²) in [5, 5.41) is 1.17. The van der Waals surface area contributed by atoms with Crippen molar-refractivity contribution in [3.05, 3.63) is 58.3 Å². The van der Waals surface area contributed by atoms with Gasteiger partial charge in [-0.25, -0.2) is 0 Å². The van der Waals surface area contributed by atoms with Crippen molar-refractivity contribution in [3.63, 3.8) is 0 Å². The minimum Gasteiger partial charge on any atom is -0.319 e. The molecule has 1 aromatic heterocycles. The van der Waals surface area contributed by atoms with Crippen LogP contribution in [0.15, 0.2) is 42.7 Å². The van der Waals surface area contributed by atoms with Crippen molar-refractivity contribution >= 4 is 23.2 Å². The molecule has 4 heteroatoms. The highest BCUT2D eigenvalue weighted by atomic mass is 35.5. The molecule has 1 atom stereocenters. The topological polar surface area (TPSA) is 17.0 Å². The number of aromatic nitrogens is 1. The van der Waals surface area contributed by atoms with Gasteiger partial charge in [0.2, 0.25) is 0 Å². The lowest BCUT2D eigenvalue weighted by atomic mass is 10.1. The number of nitrogens with zero attached hydrogens (tertiary/aromatic N) is 1. The normalized spacial score (nSPS) is 12.4. The van der Waals surface area contributed by atoms with Gasteiger partial charge in [0, 0.05) is 12.4 Å². The third-order valence-corrected chi connectivity index (χ3v) is 3.13. The largest absolute Gasteiger partial charge is 0.319 e. The summed E-state index contributed by atoms with van der Waals surface area (Å²) in [7, 11) is 0. The standard InChI is InChI=1S/C12H12Cl2N2/c1-9(15-16-6-2-3-7-16)10-4-5-11(13)12(14)8-10/h2-9,15H,1H3. The third kappa shape index (κ3) is 2.52. The van der Waals surface area contributed by atoms with Crippen molar-refractivity contribution in [2.45, 2.75) is 13.0 Å². The predicted molar refractivity (Wildman–Crippen MR) is 68.7 cm³/mol. The number of halogens is 2. The van der Waals surface area contributed by atoms with Crippen molar-refractivity contribution in [1.29, 1.82) is 0 Å². The van der Waals surface area contributed by atoms with Crippen molar-refractivity contribution in [2.75, 3.05) is 5.43 Å². The highest BCUT2D eigenvalue weighted by molar-refractivity contribution is 6.42. The lowest BCUT2D eigenvalue weighted by Crippen LogP contribution is -2.16. The van der Waals surface area contributed by atoms with Crippen LogP contribution in [0.5, 0.6) is 0 Å². The first kappa shape index (κ1) is 11.4. The van der Waals surface area contributed by atoms with E-state index in [1.165, 1.54) is 0 Å². The average molecular weight is 255 g/mol. The predicted octanol–water partition coefficient (Wildman–Crippen LogP) is 4.10. The minimum atomic E-state index is 0.169. The number of nitrogens with one attached hydrogen (secondary N) is 1. The van der Waals surface area contributed by atoms with Gasteiger partial charge < -0.3 is 5.43 Å². The van der Waals surface area contributed by atoms with Gasteiger partial charge in [0.1, 0.15) is 0 Å². The van der Waals surface area contributed by atoms with E-state index >= 15 is 0 Å². The highest BCUT2D eigenvalue weighted by Gasteiger charge is 2.06. The minimum absolute atomic E-state index is 0.169. The van der Waals surface area contributed by atoms with E-state index in [4.69, 9.17) is 23.2 Å². The summed E-state index contributed by atoms with van der Waals surface area (Å²) >= 11 is 11.8. The number of rotatable bonds is 3. The van der Waals surface area contributed by atoms with E-state index in [-0.39, 0.29) is 6.04 Å². The van der Waals surface area contributed by atoms with Gasteiger partial charge in [0.25, 0.3) is 0 Å². The molecule has 0 saturated carbocycles. The smallest absolute Gasteiger partial charge is 0.0645 e. The molecule has 16 heavy (non-hydrogen) atoms. The van der Waals surface area contributed by atoms with Crippen molar-refractivity contribution in [2.24, 2.45) is 0 Å². The summed E-state index contributed by atoms with van der Waals surface area (Å²) in [4.78, 5) is 0. The van der Waals surface area contributed by atoms with Gasteiger partial charge >= 0.3 is 0 Å². The maximum absolute atomic E-state index is 5.97. The van der Waals surface area contributed by atoms with Crippen LogP contribution in [0, 0.1) is 0 Å². The molecule has 1 unspecified atom stereocenters. The molecule has 84 valence electrons. The zero-order valence-corrected chi connectivity index (χ0v) is 10.3. The molecular formula is C12H12Cl2N2. The van der Waals surface area contributed by atoms with E-state index in [9.17, 15) is 0 Å². The fraction of sp³-hybridized carbons (Fsp3) is 0.167. The van der Waals surface area contributed by atoms with E-state index in [1.54, 1.807) is 0 Å². The molecule has 0 saturated heterocycles. The Hall–Kier alpha value is -1.12. The second kappa shape index (κ2) is 4.81. The van der Waals surface area contributed by atoms with Gasteiger partial charge in [-0.2, -0.15) is 0 Å². The summed E-state index contributed by atoms with van der Waals surface area (Å²) in [5.41, 5.74) is 4.40. The van der Waals surface area contributed by atoms with Crippen LogP contribution in [0.25, 0.3) is 0 Å². The number of benzene rings is 1. The Morgan fingerprint density at radius 2 is 1.81 bits per heavy atom. The Morgan fingerprint density at radius 1 is 1.12 bits per heavy atom. The molecule has 1 N–H and O–H groups in total. The van der Waals surface area contributed by atoms with Crippen LogP contribution in [0.4, 0.5) is 0 Å². The second-order valence-corrected chi connectivity index (χ2v) is 4.43. The molecule has 1 aromatic carbocycles. The molecule has 0 amide bonds. The fourth-order valence-corrected chi connectivity index (χ4v) is 1.81. The molecule has 0 aliphatic carbocycles. The van der Waals surface area contributed by atoms with Crippen LogP contribution < -0.4 is 5.43 Å². The summed E-state index contributed by atoms with van der Waals surface area (Å²) in [5.74, 6) is 0. The first-order valence-electron chi connectivity index (χ1n) is 5.01. The van der Waals surface area contributed by atoms with Gasteiger partial charge in [-0.15, -0.1) is 0 Å². The number of hydrogen-bond donors (Lipinski definition) is 1. The summed E-state index contributed by atoms with van der Waals surface area (Å²) in [6.45, 7) is 2.07. The maximum Gasteiger partial charge on any atom is 0.0645 e. The molecule has 0 aliphatic heterocycles. The first-order chi connectivity index (χ1) is 7.66. The zero-order valence-electron chi connectivity index (χ0n) is 8.82. The molecule has 2 nitrogen and oxygen atoms in total. The Bertz CT molecular complexity index is 466. The maximum atomic E-state index is 5.97. The summed E-state index contributed by atoms with van der Waals surface area (Å²) < 4.78 is 1.91. The Labute approximate surface area is 105 Å². The van der Waals surface area contributed by atoms with Crippen LogP contribution in [0.1, 0.15) is 18.5 Å². The second-order valence-electron chi connectivity index (χ2n) is 3.61. The van der Waals surface area contributed by atoms with E-state index < -0.39 is 0 Å². The van der Waals surface area contributed by atoms with Crippen LogP contribution in [0.2, 0.25) is 10.0 Å². The highest BCUT2D eigenvalue weighted by Crippen LogP contribution is 2.25.